The maximum atomic E-state index is 13.0. The number of sulfone groups is 1. The molecule has 3 nitrogen and oxygen atoms in total. The van der Waals surface area contributed by atoms with E-state index in [2.05, 4.69) is 21.2 Å². The quantitative estimate of drug-likeness (QED) is 0.908. The first-order valence-electron chi connectivity index (χ1n) is 6.78. The molecule has 0 spiro atoms. The molecule has 2 atom stereocenters. The summed E-state index contributed by atoms with van der Waals surface area (Å²) in [6.07, 6.45) is 0.552. The molecule has 0 radical (unpaired) electrons. The minimum absolute atomic E-state index is 0.162. The first-order valence-corrected chi connectivity index (χ1v) is 9.12. The molecule has 0 bridgehead atoms. The Morgan fingerprint density at radius 3 is 2.62 bits per heavy atom. The van der Waals surface area contributed by atoms with Gasteiger partial charge in [-0.1, -0.05) is 46.3 Å². The summed E-state index contributed by atoms with van der Waals surface area (Å²) in [6, 6.07) is 14.7. The van der Waals surface area contributed by atoms with Gasteiger partial charge in [-0.2, -0.15) is 0 Å². The van der Waals surface area contributed by atoms with E-state index in [1.807, 2.05) is 37.4 Å². The van der Waals surface area contributed by atoms with Crippen LogP contribution in [0.25, 0.3) is 0 Å². The molecule has 0 saturated heterocycles. The second kappa shape index (κ2) is 5.55. The van der Waals surface area contributed by atoms with E-state index in [4.69, 9.17) is 0 Å². The van der Waals surface area contributed by atoms with E-state index in [9.17, 15) is 8.42 Å². The van der Waals surface area contributed by atoms with Crippen molar-refractivity contribution < 1.29 is 8.42 Å². The lowest BCUT2D eigenvalue weighted by molar-refractivity contribution is 0.536. The number of fused-ring (bicyclic) bond motifs is 1. The van der Waals surface area contributed by atoms with Crippen molar-refractivity contribution in [2.24, 2.45) is 0 Å². The van der Waals surface area contributed by atoms with Crippen LogP contribution in [0.5, 0.6) is 0 Å². The normalized spacial score (nSPS) is 21.2. The molecule has 2 aromatic rings. The summed E-state index contributed by atoms with van der Waals surface area (Å²) in [6.45, 7) is 0. The van der Waals surface area contributed by atoms with E-state index in [1.165, 1.54) is 0 Å². The van der Waals surface area contributed by atoms with Gasteiger partial charge in [0.1, 0.15) is 0 Å². The van der Waals surface area contributed by atoms with Crippen LogP contribution in [0.1, 0.15) is 17.2 Å². The van der Waals surface area contributed by atoms with E-state index >= 15 is 0 Å². The molecule has 3 rings (SSSR count). The highest BCUT2D eigenvalue weighted by Crippen LogP contribution is 2.38. The third-order valence-electron chi connectivity index (χ3n) is 4.02. The standard InChI is InChI=1S/C16H16BrNO2S/c1-18-16-14-8-3-2-5-11(14)9-15(16)21(19,20)13-7-4-6-12(17)10-13/h2-8,10,15-16,18H,9H2,1H3. The first kappa shape index (κ1) is 14.8. The van der Waals surface area contributed by atoms with Crippen LogP contribution in [0.2, 0.25) is 0 Å². The lowest BCUT2D eigenvalue weighted by atomic mass is 10.1. The maximum Gasteiger partial charge on any atom is 0.183 e. The summed E-state index contributed by atoms with van der Waals surface area (Å²) in [5, 5.41) is 2.71. The zero-order valence-corrected chi connectivity index (χ0v) is 14.0. The van der Waals surface area contributed by atoms with E-state index < -0.39 is 15.1 Å². The Morgan fingerprint density at radius 2 is 1.90 bits per heavy atom. The van der Waals surface area contributed by atoms with Gasteiger partial charge in [-0.3, -0.25) is 0 Å². The van der Waals surface area contributed by atoms with Crippen LogP contribution in [0.3, 0.4) is 0 Å². The summed E-state index contributed by atoms with van der Waals surface area (Å²) in [5.74, 6) is 0. The lowest BCUT2D eigenvalue weighted by Crippen LogP contribution is -2.33. The van der Waals surface area contributed by atoms with Crippen molar-refractivity contribution >= 4 is 25.8 Å². The van der Waals surface area contributed by atoms with Gasteiger partial charge in [-0.25, -0.2) is 8.42 Å². The molecule has 0 amide bonds. The van der Waals surface area contributed by atoms with Crippen molar-refractivity contribution in [2.75, 3.05) is 7.05 Å². The van der Waals surface area contributed by atoms with Crippen molar-refractivity contribution in [3.8, 4) is 0 Å². The number of hydrogen-bond acceptors (Lipinski definition) is 3. The van der Waals surface area contributed by atoms with Crippen LogP contribution >= 0.6 is 15.9 Å². The first-order chi connectivity index (χ1) is 10.0. The Balaban J connectivity index is 2.05. The van der Waals surface area contributed by atoms with Gasteiger partial charge in [-0.15, -0.1) is 0 Å². The minimum atomic E-state index is -3.38. The SMILES string of the molecule is CNC1c2ccccc2CC1S(=O)(=O)c1cccc(Br)c1. The van der Waals surface area contributed by atoms with Gasteiger partial charge in [0.2, 0.25) is 0 Å². The molecule has 2 unspecified atom stereocenters. The average molecular weight is 366 g/mol. The fraction of sp³-hybridized carbons (Fsp3) is 0.250. The van der Waals surface area contributed by atoms with Crippen LogP contribution in [-0.4, -0.2) is 20.7 Å². The number of rotatable bonds is 3. The lowest BCUT2D eigenvalue weighted by Gasteiger charge is -2.20. The van der Waals surface area contributed by atoms with Crippen molar-refractivity contribution in [2.45, 2.75) is 22.6 Å². The molecule has 21 heavy (non-hydrogen) atoms. The van der Waals surface area contributed by atoms with Gasteiger partial charge in [0.25, 0.3) is 0 Å². The molecule has 110 valence electrons. The Kier molecular flexibility index (Phi) is 3.90. The summed E-state index contributed by atoms with van der Waals surface area (Å²) in [5.41, 5.74) is 2.20. The largest absolute Gasteiger partial charge is 0.312 e. The number of hydrogen-bond donors (Lipinski definition) is 1. The maximum absolute atomic E-state index is 13.0. The van der Waals surface area contributed by atoms with E-state index in [0.717, 1.165) is 15.6 Å². The molecule has 5 heteroatoms. The Hall–Kier alpha value is -1.17. The van der Waals surface area contributed by atoms with Gasteiger partial charge >= 0.3 is 0 Å². The predicted molar refractivity (Wildman–Crippen MR) is 87.1 cm³/mol. The van der Waals surface area contributed by atoms with Gasteiger partial charge < -0.3 is 5.32 Å². The predicted octanol–water partition coefficient (Wildman–Crippen LogP) is 3.11. The van der Waals surface area contributed by atoms with Crippen molar-refractivity contribution in [3.05, 3.63) is 64.1 Å². The smallest absolute Gasteiger partial charge is 0.183 e. The molecule has 1 aliphatic rings. The van der Waals surface area contributed by atoms with Crippen LogP contribution in [0, 0.1) is 0 Å². The van der Waals surface area contributed by atoms with Crippen molar-refractivity contribution in [3.63, 3.8) is 0 Å². The van der Waals surface area contributed by atoms with Crippen LogP contribution < -0.4 is 5.32 Å². The number of benzene rings is 2. The Bertz CT molecular complexity index is 773. The summed E-state index contributed by atoms with van der Waals surface area (Å²) >= 11 is 3.34. The van der Waals surface area contributed by atoms with Crippen molar-refractivity contribution in [1.29, 1.82) is 0 Å². The summed E-state index contributed by atoms with van der Waals surface area (Å²) in [4.78, 5) is 0.370. The van der Waals surface area contributed by atoms with Crippen LogP contribution in [0.15, 0.2) is 57.9 Å². The van der Waals surface area contributed by atoms with Crippen LogP contribution in [0.4, 0.5) is 0 Å². The number of halogens is 1. The fourth-order valence-corrected chi connectivity index (χ4v) is 5.51. The van der Waals surface area contributed by atoms with E-state index in [1.54, 1.807) is 18.2 Å². The summed E-state index contributed by atoms with van der Waals surface area (Å²) < 4.78 is 26.7. The third kappa shape index (κ3) is 2.54. The Labute approximate surface area is 133 Å². The van der Waals surface area contributed by atoms with Gasteiger partial charge in [-0.05, 0) is 42.8 Å². The molecular weight excluding hydrogens is 350 g/mol. The molecule has 1 aliphatic carbocycles. The zero-order chi connectivity index (χ0) is 15.0. The van der Waals surface area contributed by atoms with E-state index in [0.29, 0.717) is 11.3 Å². The fourth-order valence-electron chi connectivity index (χ4n) is 3.01. The molecule has 0 heterocycles. The second-order valence-electron chi connectivity index (χ2n) is 5.21. The highest BCUT2D eigenvalue weighted by Gasteiger charge is 2.40. The third-order valence-corrected chi connectivity index (χ3v) is 6.66. The van der Waals surface area contributed by atoms with E-state index in [-0.39, 0.29) is 6.04 Å². The average Bonchev–Trinajstić information content (AvgIpc) is 2.86. The molecule has 0 aromatic heterocycles. The molecule has 0 fully saturated rings. The topological polar surface area (TPSA) is 46.2 Å². The summed E-state index contributed by atoms with van der Waals surface area (Å²) in [7, 11) is -1.57. The van der Waals surface area contributed by atoms with Crippen molar-refractivity contribution in [1.82, 2.24) is 5.32 Å². The molecule has 0 saturated carbocycles. The Morgan fingerprint density at radius 1 is 1.14 bits per heavy atom. The molecule has 2 aromatic carbocycles. The van der Waals surface area contributed by atoms with Crippen LogP contribution in [-0.2, 0) is 16.3 Å². The molecule has 1 N–H and O–H groups in total. The minimum Gasteiger partial charge on any atom is -0.312 e. The monoisotopic (exact) mass is 365 g/mol. The second-order valence-corrected chi connectivity index (χ2v) is 8.29. The van der Waals surface area contributed by atoms with Gasteiger partial charge in [0.05, 0.1) is 10.1 Å². The van der Waals surface area contributed by atoms with Gasteiger partial charge in [0, 0.05) is 10.5 Å². The highest BCUT2D eigenvalue weighted by atomic mass is 79.9. The number of nitrogens with one attached hydrogen (secondary N) is 1. The zero-order valence-electron chi connectivity index (χ0n) is 11.6. The van der Waals surface area contributed by atoms with Gasteiger partial charge in [0.15, 0.2) is 9.84 Å². The molecule has 0 aliphatic heterocycles. The molecular formula is C16H16BrNO2S. The highest BCUT2D eigenvalue weighted by molar-refractivity contribution is 9.10.